The van der Waals surface area contributed by atoms with Gasteiger partial charge in [0.1, 0.15) is 17.5 Å². The molecule has 0 fully saturated rings. The van der Waals surface area contributed by atoms with Gasteiger partial charge < -0.3 is 5.32 Å². The van der Waals surface area contributed by atoms with Crippen molar-refractivity contribution in [2.45, 2.75) is 31.6 Å². The molecule has 1 unspecified atom stereocenters. The van der Waals surface area contributed by atoms with Crippen molar-refractivity contribution in [3.8, 4) is 12.3 Å². The summed E-state index contributed by atoms with van der Waals surface area (Å²) >= 11 is 0. The van der Waals surface area contributed by atoms with Crippen LogP contribution >= 0.6 is 0 Å². The van der Waals surface area contributed by atoms with Gasteiger partial charge in [0.2, 0.25) is 0 Å². The minimum absolute atomic E-state index is 0.291. The lowest BCUT2D eigenvalue weighted by Crippen LogP contribution is -2.19. The van der Waals surface area contributed by atoms with E-state index in [-0.39, 0.29) is 17.5 Å². The number of aryl methyl sites for hydroxylation is 1. The second-order valence-corrected chi connectivity index (χ2v) is 7.28. The summed E-state index contributed by atoms with van der Waals surface area (Å²) in [6.07, 6.45) is 7.99. The molecule has 1 nitrogen and oxygen atoms in total. The maximum Gasteiger partial charge on any atom is 0.146 e. The lowest BCUT2D eigenvalue weighted by atomic mass is 9.78. The summed E-state index contributed by atoms with van der Waals surface area (Å²) in [5, 5.41) is 2.98. The van der Waals surface area contributed by atoms with E-state index in [4.69, 9.17) is 6.42 Å². The zero-order valence-corrected chi connectivity index (χ0v) is 16.2. The number of nitrogens with one attached hydrogen (secondary N) is 1. The molecule has 0 spiro atoms. The lowest BCUT2D eigenvalue weighted by Gasteiger charge is -2.24. The van der Waals surface area contributed by atoms with E-state index in [1.54, 1.807) is 36.4 Å². The largest absolute Gasteiger partial charge is 0.353 e. The number of hydrogen-bond acceptors (Lipinski definition) is 1. The average molecular weight is 393 g/mol. The van der Waals surface area contributed by atoms with Gasteiger partial charge in [0.25, 0.3) is 0 Å². The van der Waals surface area contributed by atoms with E-state index in [0.717, 1.165) is 24.0 Å². The summed E-state index contributed by atoms with van der Waals surface area (Å²) in [5.74, 6) is 1.82. The van der Waals surface area contributed by atoms with Gasteiger partial charge in [-0.05, 0) is 85.8 Å². The summed E-state index contributed by atoms with van der Waals surface area (Å²) in [7, 11) is 0. The third-order valence-electron chi connectivity index (χ3n) is 5.10. The van der Waals surface area contributed by atoms with Crippen molar-refractivity contribution in [3.05, 3.63) is 95.3 Å². The summed E-state index contributed by atoms with van der Waals surface area (Å²) < 4.78 is 40.4. The fourth-order valence-electron chi connectivity index (χ4n) is 3.28. The van der Waals surface area contributed by atoms with Crippen molar-refractivity contribution in [2.75, 3.05) is 5.32 Å². The summed E-state index contributed by atoms with van der Waals surface area (Å²) in [6, 6.07) is 16.9. The van der Waals surface area contributed by atoms with Gasteiger partial charge in [0.05, 0.1) is 11.1 Å². The predicted octanol–water partition coefficient (Wildman–Crippen LogP) is 6.76. The number of rotatable bonds is 7. The van der Waals surface area contributed by atoms with Crippen LogP contribution in [0.3, 0.4) is 0 Å². The van der Waals surface area contributed by atoms with Crippen LogP contribution in [-0.2, 0) is 11.8 Å². The van der Waals surface area contributed by atoms with Crippen molar-refractivity contribution in [3.63, 3.8) is 0 Å². The van der Waals surface area contributed by atoms with Crippen LogP contribution in [0.2, 0.25) is 0 Å². The van der Waals surface area contributed by atoms with E-state index in [9.17, 15) is 13.2 Å². The molecule has 0 aliphatic heterocycles. The van der Waals surface area contributed by atoms with Crippen LogP contribution in [0.5, 0.6) is 0 Å². The molecule has 0 aliphatic rings. The van der Waals surface area contributed by atoms with E-state index in [1.165, 1.54) is 30.3 Å². The van der Waals surface area contributed by atoms with Crippen molar-refractivity contribution in [2.24, 2.45) is 0 Å². The highest BCUT2D eigenvalue weighted by molar-refractivity contribution is 5.60. The molecule has 0 aromatic heterocycles. The first-order chi connectivity index (χ1) is 13.9. The summed E-state index contributed by atoms with van der Waals surface area (Å²) in [5.41, 5.74) is 2.32. The van der Waals surface area contributed by atoms with E-state index in [2.05, 4.69) is 11.2 Å². The third-order valence-corrected chi connectivity index (χ3v) is 5.10. The Kier molecular flexibility index (Phi) is 6.29. The number of benzene rings is 3. The summed E-state index contributed by atoms with van der Waals surface area (Å²) in [6.45, 7) is 1.96. The highest BCUT2D eigenvalue weighted by Crippen LogP contribution is 2.30. The monoisotopic (exact) mass is 393 g/mol. The molecular formula is C25H22F3N. The fraction of sp³-hybridized carbons (Fsp3) is 0.200. The molecule has 0 saturated carbocycles. The number of halogens is 3. The molecule has 0 aliphatic carbocycles. The van der Waals surface area contributed by atoms with Crippen molar-refractivity contribution in [1.82, 2.24) is 0 Å². The molecule has 1 N–H and O–H groups in total. The molecule has 4 heteroatoms. The minimum Gasteiger partial charge on any atom is -0.353 e. The highest BCUT2D eigenvalue weighted by atomic mass is 19.1. The zero-order chi connectivity index (χ0) is 20.9. The molecule has 3 aromatic carbocycles. The Hall–Kier alpha value is -3.19. The van der Waals surface area contributed by atoms with Crippen LogP contribution in [0.25, 0.3) is 0 Å². The zero-order valence-electron chi connectivity index (χ0n) is 16.2. The van der Waals surface area contributed by atoms with Gasteiger partial charge in [-0.1, -0.05) is 24.1 Å². The molecular weight excluding hydrogens is 371 g/mol. The van der Waals surface area contributed by atoms with Gasteiger partial charge in [0.15, 0.2) is 0 Å². The molecule has 3 aromatic rings. The van der Waals surface area contributed by atoms with Crippen molar-refractivity contribution < 1.29 is 13.2 Å². The van der Waals surface area contributed by atoms with E-state index in [1.807, 2.05) is 6.92 Å². The van der Waals surface area contributed by atoms with Gasteiger partial charge in [-0.25, -0.2) is 13.2 Å². The maximum absolute atomic E-state index is 14.2. The molecule has 148 valence electrons. The normalized spacial score (nSPS) is 12.8. The van der Waals surface area contributed by atoms with Gasteiger partial charge in [-0.2, -0.15) is 0 Å². The Morgan fingerprint density at radius 1 is 0.897 bits per heavy atom. The van der Waals surface area contributed by atoms with Crippen molar-refractivity contribution >= 4 is 11.4 Å². The van der Waals surface area contributed by atoms with Crippen LogP contribution in [-0.4, -0.2) is 0 Å². The van der Waals surface area contributed by atoms with Gasteiger partial charge >= 0.3 is 0 Å². The molecule has 0 bridgehead atoms. The molecule has 29 heavy (non-hydrogen) atoms. The Morgan fingerprint density at radius 3 is 2.14 bits per heavy atom. The minimum atomic E-state index is -0.497. The standard InChI is InChI=1S/C25H22F3N/c1-3-25(2,19-7-9-20(26)10-8-19)16-4-5-18-6-15-23(28)24(17-18)29-22-13-11-21(27)12-14-22/h1,6-15,17,29H,4-5,16H2,2H3. The fourth-order valence-corrected chi connectivity index (χ4v) is 3.28. The quantitative estimate of drug-likeness (QED) is 0.437. The second kappa shape index (κ2) is 8.87. The van der Waals surface area contributed by atoms with E-state index in [0.29, 0.717) is 17.8 Å². The molecule has 0 heterocycles. The Morgan fingerprint density at radius 2 is 1.52 bits per heavy atom. The SMILES string of the molecule is C#CC(C)(CCCc1ccc(F)c(Nc2ccc(F)cc2)c1)c1ccc(F)cc1. The topological polar surface area (TPSA) is 12.0 Å². The van der Waals surface area contributed by atoms with Crippen LogP contribution in [0, 0.1) is 29.8 Å². The van der Waals surface area contributed by atoms with Crippen LogP contribution in [0.1, 0.15) is 30.9 Å². The molecule has 3 rings (SSSR count). The van der Waals surface area contributed by atoms with Crippen LogP contribution in [0.4, 0.5) is 24.5 Å². The van der Waals surface area contributed by atoms with E-state index < -0.39 is 5.41 Å². The second-order valence-electron chi connectivity index (χ2n) is 7.28. The highest BCUT2D eigenvalue weighted by Gasteiger charge is 2.23. The van der Waals surface area contributed by atoms with Gasteiger partial charge in [-0.15, -0.1) is 6.42 Å². The first-order valence-corrected chi connectivity index (χ1v) is 9.44. The van der Waals surface area contributed by atoms with Gasteiger partial charge in [0, 0.05) is 5.69 Å². The average Bonchev–Trinajstić information content (AvgIpc) is 2.72. The number of terminal acetylenes is 1. The number of anilines is 2. The lowest BCUT2D eigenvalue weighted by molar-refractivity contribution is 0.531. The molecule has 1 atom stereocenters. The Balaban J connectivity index is 1.66. The molecule has 0 amide bonds. The predicted molar refractivity (Wildman–Crippen MR) is 112 cm³/mol. The molecule has 0 saturated heterocycles. The van der Waals surface area contributed by atoms with Gasteiger partial charge in [-0.3, -0.25) is 0 Å². The van der Waals surface area contributed by atoms with Crippen LogP contribution in [0.15, 0.2) is 66.7 Å². The third kappa shape index (κ3) is 5.20. The molecule has 0 radical (unpaired) electrons. The first kappa shape index (κ1) is 20.5. The Labute approximate surface area is 169 Å². The Bertz CT molecular complexity index is 1000. The number of hydrogen-bond donors (Lipinski definition) is 1. The van der Waals surface area contributed by atoms with E-state index >= 15 is 0 Å². The van der Waals surface area contributed by atoms with Crippen LogP contribution < -0.4 is 5.32 Å². The van der Waals surface area contributed by atoms with Crippen molar-refractivity contribution in [1.29, 1.82) is 0 Å². The summed E-state index contributed by atoms with van der Waals surface area (Å²) in [4.78, 5) is 0. The maximum atomic E-state index is 14.2. The smallest absolute Gasteiger partial charge is 0.146 e. The first-order valence-electron chi connectivity index (χ1n) is 9.44.